The van der Waals surface area contributed by atoms with Gasteiger partial charge in [-0.2, -0.15) is 24.9 Å². The summed E-state index contributed by atoms with van der Waals surface area (Å²) >= 11 is 1.74. The Morgan fingerprint density at radius 2 is 1.71 bits per heavy atom. The number of benzene rings is 2. The number of rotatable bonds is 5. The van der Waals surface area contributed by atoms with Crippen molar-refractivity contribution in [2.24, 2.45) is 0 Å². The number of alkyl halides is 3. The summed E-state index contributed by atoms with van der Waals surface area (Å²) < 4.78 is 42.8. The number of hydrogen-bond donors (Lipinski definition) is 1. The van der Waals surface area contributed by atoms with Gasteiger partial charge in [-0.05, 0) is 49.4 Å². The van der Waals surface area contributed by atoms with Gasteiger partial charge in [0.1, 0.15) is 11.4 Å². The lowest BCUT2D eigenvalue weighted by atomic mass is 10.0. The van der Waals surface area contributed by atoms with Gasteiger partial charge in [0.15, 0.2) is 0 Å². The lowest BCUT2D eigenvalue weighted by molar-refractivity contribution is -0.137. The van der Waals surface area contributed by atoms with Crippen LogP contribution in [0.15, 0.2) is 85.1 Å². The van der Waals surface area contributed by atoms with Crippen LogP contribution in [0.2, 0.25) is 0 Å². The zero-order valence-electron chi connectivity index (χ0n) is 19.0. The number of aromatic nitrogens is 2. The number of allylic oxidation sites excluding steroid dienone is 4. The van der Waals surface area contributed by atoms with Crippen LogP contribution in [0.1, 0.15) is 30.7 Å². The third-order valence-electron chi connectivity index (χ3n) is 5.60. The van der Waals surface area contributed by atoms with E-state index < -0.39 is 17.3 Å². The van der Waals surface area contributed by atoms with Crippen molar-refractivity contribution in [3.05, 3.63) is 102 Å². The Hall–Kier alpha value is -3.03. The molecule has 1 N–H and O–H groups in total. The largest absolute Gasteiger partial charge is 0.417 e. The topological polar surface area (TPSA) is 38.0 Å². The molecule has 0 aliphatic heterocycles. The van der Waals surface area contributed by atoms with Crippen LogP contribution in [-0.2, 0) is 11.8 Å². The predicted octanol–water partition coefficient (Wildman–Crippen LogP) is 7.03. The van der Waals surface area contributed by atoms with E-state index in [1.807, 2.05) is 36.4 Å². The van der Waals surface area contributed by atoms with Crippen LogP contribution in [-0.4, -0.2) is 26.2 Å². The quantitative estimate of drug-likeness (QED) is 0.424. The van der Waals surface area contributed by atoms with Crippen molar-refractivity contribution in [2.45, 2.75) is 30.9 Å². The number of halogens is 3. The van der Waals surface area contributed by atoms with E-state index in [1.165, 1.54) is 12.1 Å². The van der Waals surface area contributed by atoms with Gasteiger partial charge in [-0.25, -0.2) is 4.98 Å². The van der Waals surface area contributed by atoms with Gasteiger partial charge in [-0.3, -0.25) is 4.57 Å². The molecule has 7 heteroatoms. The Bertz CT molecular complexity index is 1260. The minimum Gasteiger partial charge on any atom is -0.384 e. The first-order valence-corrected chi connectivity index (χ1v) is 12.1. The molecule has 1 heterocycles. The Morgan fingerprint density at radius 1 is 1.00 bits per heavy atom. The van der Waals surface area contributed by atoms with Crippen LogP contribution in [0.5, 0.6) is 0 Å². The van der Waals surface area contributed by atoms with Gasteiger partial charge in [-0.15, -0.1) is 0 Å². The Labute approximate surface area is 201 Å². The second-order valence-electron chi connectivity index (χ2n) is 8.54. The first-order chi connectivity index (χ1) is 16.1. The molecule has 34 heavy (non-hydrogen) atoms. The number of aliphatic hydroxyl groups is 1. The van der Waals surface area contributed by atoms with Gasteiger partial charge < -0.3 is 5.11 Å². The molecule has 3 nitrogen and oxygen atoms in total. The highest BCUT2D eigenvalue weighted by atomic mass is 32.2. The van der Waals surface area contributed by atoms with E-state index in [1.54, 1.807) is 42.4 Å². The van der Waals surface area contributed by atoms with Crippen molar-refractivity contribution in [1.29, 1.82) is 0 Å². The highest BCUT2D eigenvalue weighted by Crippen LogP contribution is 2.38. The average Bonchev–Trinajstić information content (AvgIpc) is 3.12. The SMILES string of the molecule is CSC1C=CC=C(c2ccc(-n3cc(C(C)(C)O)nc3-c3ccccc3C(F)(F)F)cc2)C=C1. The van der Waals surface area contributed by atoms with Crippen LogP contribution in [0, 0.1) is 0 Å². The lowest BCUT2D eigenvalue weighted by Gasteiger charge is -2.14. The molecule has 0 spiro atoms. The van der Waals surface area contributed by atoms with Gasteiger partial charge in [0.05, 0.1) is 11.3 Å². The summed E-state index contributed by atoms with van der Waals surface area (Å²) in [6, 6.07) is 12.9. The molecule has 0 fully saturated rings. The molecule has 1 atom stereocenters. The summed E-state index contributed by atoms with van der Waals surface area (Å²) in [4.78, 5) is 4.42. The summed E-state index contributed by atoms with van der Waals surface area (Å²) in [6.07, 6.45) is 9.51. The Balaban J connectivity index is 1.80. The minimum atomic E-state index is -4.54. The molecule has 0 amide bonds. The van der Waals surface area contributed by atoms with E-state index in [0.717, 1.165) is 17.2 Å². The Kier molecular flexibility index (Phi) is 6.60. The molecule has 0 bridgehead atoms. The smallest absolute Gasteiger partial charge is 0.384 e. The van der Waals surface area contributed by atoms with Gasteiger partial charge >= 0.3 is 6.18 Å². The van der Waals surface area contributed by atoms with Crippen LogP contribution >= 0.6 is 11.8 Å². The first-order valence-electron chi connectivity index (χ1n) is 10.8. The van der Waals surface area contributed by atoms with E-state index >= 15 is 0 Å². The van der Waals surface area contributed by atoms with Crippen LogP contribution < -0.4 is 0 Å². The highest BCUT2D eigenvalue weighted by Gasteiger charge is 2.35. The van der Waals surface area contributed by atoms with Gasteiger partial charge in [0, 0.05) is 22.7 Å². The fraction of sp³-hybridized carbons (Fsp3) is 0.222. The summed E-state index contributed by atoms with van der Waals surface area (Å²) in [7, 11) is 0. The molecule has 0 saturated heterocycles. The summed E-state index contributed by atoms with van der Waals surface area (Å²) in [6.45, 7) is 3.12. The van der Waals surface area contributed by atoms with E-state index in [2.05, 4.69) is 29.5 Å². The van der Waals surface area contributed by atoms with Crippen LogP contribution in [0.3, 0.4) is 0 Å². The monoisotopic (exact) mass is 482 g/mol. The molecule has 3 aromatic rings. The van der Waals surface area contributed by atoms with E-state index in [0.29, 0.717) is 10.9 Å². The molecule has 1 aliphatic rings. The maximum Gasteiger partial charge on any atom is 0.417 e. The van der Waals surface area contributed by atoms with E-state index in [4.69, 9.17) is 0 Å². The van der Waals surface area contributed by atoms with Crippen LogP contribution in [0.25, 0.3) is 22.6 Å². The molecular formula is C27H25F3N2OS. The van der Waals surface area contributed by atoms with Crippen molar-refractivity contribution < 1.29 is 18.3 Å². The third-order valence-corrected chi connectivity index (χ3v) is 6.46. The molecule has 1 unspecified atom stereocenters. The van der Waals surface area contributed by atoms with E-state index in [9.17, 15) is 18.3 Å². The predicted molar refractivity (Wildman–Crippen MR) is 133 cm³/mol. The Morgan fingerprint density at radius 3 is 2.35 bits per heavy atom. The lowest BCUT2D eigenvalue weighted by Crippen LogP contribution is -2.15. The number of nitrogens with zero attached hydrogens (tertiary/aromatic N) is 2. The zero-order chi connectivity index (χ0) is 24.5. The zero-order valence-corrected chi connectivity index (χ0v) is 19.9. The number of thioether (sulfide) groups is 1. The summed E-state index contributed by atoms with van der Waals surface area (Å²) in [5, 5.41) is 10.8. The molecule has 0 radical (unpaired) electrons. The fourth-order valence-electron chi connectivity index (χ4n) is 3.74. The molecular weight excluding hydrogens is 457 g/mol. The first kappa shape index (κ1) is 24.1. The van der Waals surface area contributed by atoms with Crippen molar-refractivity contribution in [3.8, 4) is 17.1 Å². The second kappa shape index (κ2) is 9.31. The standard InChI is InChI=1S/C27H25F3N2OS/c1-26(2,33)24-17-32(25(31-24)22-9-4-5-10-23(22)27(28,29)30)20-14-11-19(12-15-20)18-7-6-8-21(34-3)16-13-18/h4-17,21,33H,1-3H3. The van der Waals surface area contributed by atoms with Crippen molar-refractivity contribution >= 4 is 17.3 Å². The minimum absolute atomic E-state index is 0.0442. The van der Waals surface area contributed by atoms with Crippen molar-refractivity contribution in [3.63, 3.8) is 0 Å². The average molecular weight is 483 g/mol. The fourth-order valence-corrected chi connectivity index (χ4v) is 4.22. The van der Waals surface area contributed by atoms with Crippen molar-refractivity contribution in [1.82, 2.24) is 9.55 Å². The molecule has 4 rings (SSSR count). The second-order valence-corrected chi connectivity index (χ2v) is 9.55. The normalized spacial score (nSPS) is 16.4. The molecule has 1 aliphatic carbocycles. The summed E-state index contributed by atoms with van der Waals surface area (Å²) in [5.41, 5.74) is 0.835. The number of imidazole rings is 1. The van der Waals surface area contributed by atoms with Crippen LogP contribution in [0.4, 0.5) is 13.2 Å². The maximum absolute atomic E-state index is 13.7. The summed E-state index contributed by atoms with van der Waals surface area (Å²) in [5.74, 6) is 0.122. The molecule has 0 saturated carbocycles. The van der Waals surface area contributed by atoms with Gasteiger partial charge in [0.2, 0.25) is 0 Å². The van der Waals surface area contributed by atoms with E-state index in [-0.39, 0.29) is 17.1 Å². The maximum atomic E-state index is 13.7. The van der Waals surface area contributed by atoms with Crippen molar-refractivity contribution in [2.75, 3.05) is 6.26 Å². The molecule has 176 valence electrons. The van der Waals surface area contributed by atoms with Gasteiger partial charge in [0.25, 0.3) is 0 Å². The highest BCUT2D eigenvalue weighted by molar-refractivity contribution is 7.99. The molecule has 2 aromatic carbocycles. The third kappa shape index (κ3) is 5.05. The van der Waals surface area contributed by atoms with Gasteiger partial charge in [-0.1, -0.05) is 60.7 Å². The molecule has 1 aromatic heterocycles. The number of hydrogen-bond acceptors (Lipinski definition) is 3.